The average molecular weight is 556 g/mol. The van der Waals surface area contributed by atoms with Crippen LogP contribution in [0.2, 0.25) is 0 Å². The number of pyridine rings is 1. The molecule has 0 saturated carbocycles. The van der Waals surface area contributed by atoms with Crippen molar-refractivity contribution in [3.8, 4) is 11.6 Å². The lowest BCUT2D eigenvalue weighted by Gasteiger charge is -2.13. The lowest BCUT2D eigenvalue weighted by molar-refractivity contribution is 0.311. The maximum absolute atomic E-state index is 5.89. The number of imidazole rings is 1. The van der Waals surface area contributed by atoms with Gasteiger partial charge in [-0.2, -0.15) is 0 Å². The third-order valence-corrected chi connectivity index (χ3v) is 5.17. The summed E-state index contributed by atoms with van der Waals surface area (Å²) in [4.78, 5) is 13.0. The number of nitrogens with one attached hydrogen (secondary N) is 2. The highest BCUT2D eigenvalue weighted by molar-refractivity contribution is 14.0. The fraction of sp³-hybridized carbons (Fsp3) is 0.240. The summed E-state index contributed by atoms with van der Waals surface area (Å²) < 4.78 is 7.85. The molecule has 2 aromatic carbocycles. The fourth-order valence-electron chi connectivity index (χ4n) is 3.42. The molecule has 0 saturated heterocycles. The van der Waals surface area contributed by atoms with Crippen LogP contribution in [0.1, 0.15) is 17.8 Å². The van der Waals surface area contributed by atoms with Crippen molar-refractivity contribution in [2.24, 2.45) is 4.99 Å². The number of nitrogens with zero attached hydrogens (tertiary/aromatic N) is 4. The Bertz CT molecular complexity index is 1190. The molecular formula is C25H29IN6O. The van der Waals surface area contributed by atoms with Crippen LogP contribution < -0.4 is 15.4 Å². The van der Waals surface area contributed by atoms with E-state index in [0.29, 0.717) is 13.2 Å². The number of aryl methyl sites for hydroxylation is 1. The SMILES string of the molecule is CN=C(NCCCOc1ccc2ccccc2c1)NCc1ccc(-n2ccnc2C)nc1.I. The van der Waals surface area contributed by atoms with Gasteiger partial charge in [-0.05, 0) is 47.9 Å². The van der Waals surface area contributed by atoms with Gasteiger partial charge in [-0.15, -0.1) is 24.0 Å². The molecule has 8 heteroatoms. The van der Waals surface area contributed by atoms with E-state index in [1.165, 1.54) is 10.8 Å². The molecule has 0 bridgehead atoms. The first-order valence-electron chi connectivity index (χ1n) is 10.7. The minimum atomic E-state index is 0. The number of benzene rings is 2. The number of aromatic nitrogens is 3. The van der Waals surface area contributed by atoms with Gasteiger partial charge in [-0.25, -0.2) is 9.97 Å². The van der Waals surface area contributed by atoms with Crippen molar-refractivity contribution in [3.05, 3.63) is 84.6 Å². The third kappa shape index (κ3) is 6.67. The van der Waals surface area contributed by atoms with Gasteiger partial charge in [0.05, 0.1) is 6.61 Å². The monoisotopic (exact) mass is 556 g/mol. The molecule has 0 unspecified atom stereocenters. The number of rotatable bonds is 8. The first-order valence-corrected chi connectivity index (χ1v) is 10.7. The first kappa shape index (κ1) is 24.5. The molecule has 0 atom stereocenters. The van der Waals surface area contributed by atoms with Crippen molar-refractivity contribution >= 4 is 40.7 Å². The van der Waals surface area contributed by atoms with Crippen LogP contribution in [-0.2, 0) is 6.54 Å². The molecule has 172 valence electrons. The van der Waals surface area contributed by atoms with E-state index in [1.54, 1.807) is 13.2 Å². The average Bonchev–Trinajstić information content (AvgIpc) is 3.27. The van der Waals surface area contributed by atoms with Gasteiger partial charge in [0.1, 0.15) is 17.4 Å². The van der Waals surface area contributed by atoms with Gasteiger partial charge in [0, 0.05) is 38.7 Å². The number of ether oxygens (including phenoxy) is 1. The number of fused-ring (bicyclic) bond motifs is 1. The summed E-state index contributed by atoms with van der Waals surface area (Å²) in [5, 5.41) is 9.05. The Balaban J connectivity index is 0.00000306. The van der Waals surface area contributed by atoms with Gasteiger partial charge in [0.2, 0.25) is 0 Å². The summed E-state index contributed by atoms with van der Waals surface area (Å²) in [5.41, 5.74) is 1.08. The molecule has 0 aliphatic heterocycles. The first-order chi connectivity index (χ1) is 15.7. The van der Waals surface area contributed by atoms with Crippen molar-refractivity contribution in [1.82, 2.24) is 25.2 Å². The van der Waals surface area contributed by atoms with Gasteiger partial charge in [0.25, 0.3) is 0 Å². The Labute approximate surface area is 211 Å². The van der Waals surface area contributed by atoms with Crippen molar-refractivity contribution in [2.45, 2.75) is 19.9 Å². The van der Waals surface area contributed by atoms with Crippen LogP contribution in [0.3, 0.4) is 0 Å². The standard InChI is InChI=1S/C25H28N6O.HI/c1-19-27-13-14-31(19)24-11-8-20(17-29-24)18-30-25(26-2)28-12-5-15-32-23-10-9-21-6-3-4-7-22(21)16-23;/h3-4,6-11,13-14,16-17H,5,12,15,18H2,1-2H3,(H2,26,28,30);1H. The fourth-order valence-corrected chi connectivity index (χ4v) is 3.42. The summed E-state index contributed by atoms with van der Waals surface area (Å²) in [6, 6.07) is 18.5. The van der Waals surface area contributed by atoms with Crippen molar-refractivity contribution in [1.29, 1.82) is 0 Å². The predicted molar refractivity (Wildman–Crippen MR) is 144 cm³/mol. The summed E-state index contributed by atoms with van der Waals surface area (Å²) in [5.74, 6) is 3.42. The molecule has 2 aromatic heterocycles. The molecule has 7 nitrogen and oxygen atoms in total. The van der Waals surface area contributed by atoms with Crippen LogP contribution in [-0.4, -0.2) is 40.7 Å². The predicted octanol–water partition coefficient (Wildman–Crippen LogP) is 4.48. The minimum absolute atomic E-state index is 0. The van der Waals surface area contributed by atoms with E-state index in [4.69, 9.17) is 4.74 Å². The Kier molecular flexibility index (Phi) is 9.05. The second-order valence-corrected chi connectivity index (χ2v) is 7.43. The van der Waals surface area contributed by atoms with E-state index in [-0.39, 0.29) is 24.0 Å². The molecule has 0 aliphatic carbocycles. The summed E-state index contributed by atoms with van der Waals surface area (Å²) in [7, 11) is 1.77. The maximum Gasteiger partial charge on any atom is 0.191 e. The van der Waals surface area contributed by atoms with E-state index < -0.39 is 0 Å². The molecule has 0 aliphatic rings. The van der Waals surface area contributed by atoms with E-state index >= 15 is 0 Å². The van der Waals surface area contributed by atoms with E-state index in [1.807, 2.05) is 48.1 Å². The Morgan fingerprint density at radius 1 is 1.03 bits per heavy atom. The van der Waals surface area contributed by atoms with Crippen molar-refractivity contribution in [2.75, 3.05) is 20.2 Å². The Morgan fingerprint density at radius 3 is 2.61 bits per heavy atom. The van der Waals surface area contributed by atoms with Gasteiger partial charge < -0.3 is 15.4 Å². The van der Waals surface area contributed by atoms with Crippen LogP contribution in [0.25, 0.3) is 16.6 Å². The van der Waals surface area contributed by atoms with E-state index in [9.17, 15) is 0 Å². The molecule has 2 N–H and O–H groups in total. The number of halogens is 1. The zero-order valence-corrected chi connectivity index (χ0v) is 21.2. The molecule has 0 radical (unpaired) electrons. The van der Waals surface area contributed by atoms with Gasteiger partial charge in [-0.3, -0.25) is 9.56 Å². The second kappa shape index (κ2) is 12.2. The molecule has 0 spiro atoms. The number of guanidine groups is 1. The summed E-state index contributed by atoms with van der Waals surface area (Å²) in [6.45, 7) is 4.01. The molecule has 4 rings (SSSR count). The Morgan fingerprint density at radius 2 is 1.88 bits per heavy atom. The van der Waals surface area contributed by atoms with Crippen molar-refractivity contribution in [3.63, 3.8) is 0 Å². The minimum Gasteiger partial charge on any atom is -0.494 e. The van der Waals surface area contributed by atoms with Gasteiger partial charge in [-0.1, -0.05) is 36.4 Å². The Hall–Kier alpha value is -3.14. The molecule has 2 heterocycles. The zero-order chi connectivity index (χ0) is 22.2. The number of aliphatic imine (C=N–C) groups is 1. The van der Waals surface area contributed by atoms with Gasteiger partial charge >= 0.3 is 0 Å². The number of hydrogen-bond donors (Lipinski definition) is 2. The normalized spacial score (nSPS) is 11.2. The van der Waals surface area contributed by atoms with Crippen LogP contribution in [0, 0.1) is 6.92 Å². The maximum atomic E-state index is 5.89. The lowest BCUT2D eigenvalue weighted by atomic mass is 10.1. The van der Waals surface area contributed by atoms with Crippen molar-refractivity contribution < 1.29 is 4.74 Å². The lowest BCUT2D eigenvalue weighted by Crippen LogP contribution is -2.37. The van der Waals surface area contributed by atoms with E-state index in [0.717, 1.165) is 41.9 Å². The number of hydrogen-bond acceptors (Lipinski definition) is 4. The third-order valence-electron chi connectivity index (χ3n) is 5.17. The highest BCUT2D eigenvalue weighted by Gasteiger charge is 2.03. The van der Waals surface area contributed by atoms with Crippen LogP contribution in [0.5, 0.6) is 5.75 Å². The van der Waals surface area contributed by atoms with Crippen LogP contribution in [0.15, 0.2) is 78.2 Å². The quantitative estimate of drug-likeness (QED) is 0.145. The smallest absolute Gasteiger partial charge is 0.191 e. The summed E-state index contributed by atoms with van der Waals surface area (Å²) >= 11 is 0. The molecule has 4 aromatic rings. The molecule has 0 amide bonds. The summed E-state index contributed by atoms with van der Waals surface area (Å²) in [6.07, 6.45) is 6.42. The van der Waals surface area contributed by atoms with Crippen LogP contribution in [0.4, 0.5) is 0 Å². The highest BCUT2D eigenvalue weighted by Crippen LogP contribution is 2.20. The molecule has 0 fully saturated rings. The van der Waals surface area contributed by atoms with Crippen LogP contribution >= 0.6 is 24.0 Å². The molecular weight excluding hydrogens is 527 g/mol. The molecule has 33 heavy (non-hydrogen) atoms. The topological polar surface area (TPSA) is 76.4 Å². The zero-order valence-electron chi connectivity index (χ0n) is 18.9. The largest absolute Gasteiger partial charge is 0.494 e. The highest BCUT2D eigenvalue weighted by atomic mass is 127. The van der Waals surface area contributed by atoms with E-state index in [2.05, 4.69) is 55.9 Å². The van der Waals surface area contributed by atoms with Gasteiger partial charge in [0.15, 0.2) is 5.96 Å². The second-order valence-electron chi connectivity index (χ2n) is 7.43.